The second-order valence-corrected chi connectivity index (χ2v) is 14.9. The van der Waals surface area contributed by atoms with Crippen LogP contribution in [0.15, 0.2) is 109 Å². The number of carbonyl (C=O) groups is 1. The summed E-state index contributed by atoms with van der Waals surface area (Å²) in [6.07, 6.45) is 4.85. The molecule has 0 unspecified atom stereocenters. The Morgan fingerprint density at radius 2 is 1.04 bits per heavy atom. The summed E-state index contributed by atoms with van der Waals surface area (Å²) >= 11 is 9.53. The van der Waals surface area contributed by atoms with E-state index in [1.807, 2.05) is 30.3 Å². The topological polar surface area (TPSA) is 25.9 Å². The predicted molar refractivity (Wildman–Crippen MR) is 214 cm³/mol. The van der Waals surface area contributed by atoms with Crippen LogP contribution < -0.4 is 4.57 Å². The SMILES string of the molecule is CC(C)c1cccc(C(C)C)c1-n1cc[n+](-c2c(C(C)C)cccc2C(C)C)c1[C@H](CC(=O)c1ccccc1)c1ccccc1.ClCCl.F[B-](F)(F)F. The zero-order chi connectivity index (χ0) is 39.5. The van der Waals surface area contributed by atoms with Gasteiger partial charge in [-0.15, -0.1) is 23.2 Å². The lowest BCUT2D eigenvalue weighted by Gasteiger charge is -2.23. The van der Waals surface area contributed by atoms with Crippen LogP contribution in [0.3, 0.4) is 0 Å². The van der Waals surface area contributed by atoms with Gasteiger partial charge in [0.25, 0.3) is 5.82 Å². The van der Waals surface area contributed by atoms with Gasteiger partial charge in [-0.25, -0.2) is 0 Å². The van der Waals surface area contributed by atoms with Gasteiger partial charge < -0.3 is 17.3 Å². The molecule has 0 aliphatic rings. The maximum Gasteiger partial charge on any atom is 0.673 e. The standard InChI is InChI=1S/C42H49N2O.CH2Cl2.BF4/c1-28(2)34-21-15-22-35(29(3)4)40(34)43-25-26-44(41-36(30(5)6)23-16-24-37(41)31(7)8)42(43)38(32-17-11-9-12-18-32)27-39(45)33-19-13-10-14-20-33;2-1-3;2-1(3,4)5/h9-26,28-31,38H,27H2,1-8H3;1H2;/q+1;;-1/t38-;;/m1../s1. The van der Waals surface area contributed by atoms with Crippen LogP contribution in [-0.2, 0) is 0 Å². The highest BCUT2D eigenvalue weighted by Crippen LogP contribution is 2.37. The van der Waals surface area contributed by atoms with Gasteiger partial charge in [0.15, 0.2) is 5.78 Å². The molecule has 10 heteroatoms. The maximum atomic E-state index is 14.1. The van der Waals surface area contributed by atoms with E-state index in [9.17, 15) is 22.1 Å². The molecule has 0 fully saturated rings. The van der Waals surface area contributed by atoms with Crippen molar-refractivity contribution in [3.63, 3.8) is 0 Å². The van der Waals surface area contributed by atoms with Crippen molar-refractivity contribution in [2.24, 2.45) is 0 Å². The monoisotopic (exact) mass is 768 g/mol. The van der Waals surface area contributed by atoms with E-state index in [0.717, 1.165) is 17.0 Å². The molecule has 0 saturated heterocycles. The molecule has 5 aromatic rings. The number of hydrogen-bond donors (Lipinski definition) is 0. The Hall–Kier alpha value is -3.88. The van der Waals surface area contributed by atoms with Gasteiger partial charge >= 0.3 is 7.25 Å². The molecule has 1 aromatic heterocycles. The third kappa shape index (κ3) is 11.8. The fourth-order valence-corrected chi connectivity index (χ4v) is 6.67. The number of aromatic nitrogens is 2. The van der Waals surface area contributed by atoms with Gasteiger partial charge in [-0.2, -0.15) is 9.13 Å². The van der Waals surface area contributed by atoms with Crippen molar-refractivity contribution in [2.45, 2.75) is 91.4 Å². The molecule has 0 aliphatic heterocycles. The van der Waals surface area contributed by atoms with Crippen LogP contribution in [0.4, 0.5) is 17.3 Å². The van der Waals surface area contributed by atoms with Crippen LogP contribution in [0.5, 0.6) is 0 Å². The number of alkyl halides is 2. The average Bonchev–Trinajstić information content (AvgIpc) is 3.54. The van der Waals surface area contributed by atoms with E-state index in [-0.39, 0.29) is 17.0 Å². The van der Waals surface area contributed by atoms with Crippen LogP contribution >= 0.6 is 23.2 Å². The molecule has 0 saturated carbocycles. The van der Waals surface area contributed by atoms with Crippen molar-refractivity contribution in [3.05, 3.63) is 149 Å². The van der Waals surface area contributed by atoms with Gasteiger partial charge in [0.05, 0.1) is 11.3 Å². The van der Waals surface area contributed by atoms with Crippen molar-refractivity contribution in [2.75, 3.05) is 5.34 Å². The Labute approximate surface area is 323 Å². The van der Waals surface area contributed by atoms with Gasteiger partial charge in [0.1, 0.15) is 23.8 Å². The third-order valence-corrected chi connectivity index (χ3v) is 9.02. The minimum Gasteiger partial charge on any atom is -0.418 e. The normalized spacial score (nSPS) is 12.0. The Bertz CT molecular complexity index is 1750. The quantitative estimate of drug-likeness (QED) is 0.0432. The summed E-state index contributed by atoms with van der Waals surface area (Å²) in [5, 5.41) is 0.194. The van der Waals surface area contributed by atoms with E-state index in [4.69, 9.17) is 23.2 Å². The van der Waals surface area contributed by atoms with E-state index in [1.165, 1.54) is 33.6 Å². The summed E-state index contributed by atoms with van der Waals surface area (Å²) in [5.74, 6) is 2.39. The molecular weight excluding hydrogens is 718 g/mol. The number of nitrogens with zero attached hydrogens (tertiary/aromatic N) is 2. The number of halogens is 6. The van der Waals surface area contributed by atoms with Crippen molar-refractivity contribution in [3.8, 4) is 11.4 Å². The van der Waals surface area contributed by atoms with Gasteiger partial charge in [-0.05, 0) is 29.2 Å². The molecule has 0 bridgehead atoms. The number of imidazole rings is 1. The summed E-state index contributed by atoms with van der Waals surface area (Å²) < 4.78 is 43.8. The average molecular weight is 770 g/mol. The van der Waals surface area contributed by atoms with E-state index in [1.54, 1.807) is 0 Å². The number of para-hydroxylation sites is 2. The number of hydrogen-bond acceptors (Lipinski definition) is 1. The van der Waals surface area contributed by atoms with Gasteiger partial charge in [0.2, 0.25) is 0 Å². The maximum absolute atomic E-state index is 14.1. The smallest absolute Gasteiger partial charge is 0.418 e. The van der Waals surface area contributed by atoms with E-state index >= 15 is 0 Å². The van der Waals surface area contributed by atoms with Crippen LogP contribution in [0.25, 0.3) is 11.4 Å². The molecule has 0 amide bonds. The molecule has 1 heterocycles. The lowest BCUT2D eigenvalue weighted by molar-refractivity contribution is -0.606. The number of benzene rings is 4. The highest BCUT2D eigenvalue weighted by molar-refractivity contribution is 6.50. The highest BCUT2D eigenvalue weighted by Gasteiger charge is 2.36. The lowest BCUT2D eigenvalue weighted by Crippen LogP contribution is -2.39. The highest BCUT2D eigenvalue weighted by atomic mass is 35.5. The van der Waals surface area contributed by atoms with Crippen LogP contribution in [-0.4, -0.2) is 22.9 Å². The zero-order valence-corrected chi connectivity index (χ0v) is 33.4. The first-order valence-electron chi connectivity index (χ1n) is 18.0. The fraction of sp³-hybridized carbons (Fsp3) is 0.349. The van der Waals surface area contributed by atoms with Crippen molar-refractivity contribution < 1.29 is 26.6 Å². The van der Waals surface area contributed by atoms with E-state index < -0.39 is 7.25 Å². The van der Waals surface area contributed by atoms with Crippen LogP contribution in [0, 0.1) is 0 Å². The fourth-order valence-electron chi connectivity index (χ4n) is 6.67. The van der Waals surface area contributed by atoms with Crippen molar-refractivity contribution >= 4 is 36.2 Å². The Balaban J connectivity index is 0.000000859. The molecule has 5 rings (SSSR count). The van der Waals surface area contributed by atoms with Gasteiger partial charge in [0, 0.05) is 34.2 Å². The third-order valence-electron chi connectivity index (χ3n) is 9.02. The molecule has 0 radical (unpaired) electrons. The van der Waals surface area contributed by atoms with Crippen molar-refractivity contribution in [1.82, 2.24) is 4.57 Å². The summed E-state index contributed by atoms with van der Waals surface area (Å²) in [7, 11) is -6.00. The number of carbonyl (C=O) groups excluding carboxylic acids is 1. The second kappa shape index (κ2) is 20.0. The minimum absolute atomic E-state index is 0.145. The Morgan fingerprint density at radius 3 is 1.45 bits per heavy atom. The molecule has 4 aromatic carbocycles. The second-order valence-electron chi connectivity index (χ2n) is 14.1. The zero-order valence-electron chi connectivity index (χ0n) is 31.8. The number of Topliss-reactive ketones (excluding diaryl/α,β-unsaturated/α-hetero) is 1. The summed E-state index contributed by atoms with van der Waals surface area (Å²) in [5.41, 5.74) is 9.60. The van der Waals surface area contributed by atoms with Crippen LogP contribution in [0.2, 0.25) is 0 Å². The van der Waals surface area contributed by atoms with E-state index in [2.05, 4.69) is 144 Å². The summed E-state index contributed by atoms with van der Waals surface area (Å²) in [6, 6.07) is 33.8. The largest absolute Gasteiger partial charge is 0.673 e. The Kier molecular flexibility index (Phi) is 16.4. The van der Waals surface area contributed by atoms with Gasteiger partial charge in [-0.3, -0.25) is 4.79 Å². The Morgan fingerprint density at radius 1 is 0.642 bits per heavy atom. The number of ketones is 1. The summed E-state index contributed by atoms with van der Waals surface area (Å²) in [6.45, 7) is 18.2. The molecule has 3 nitrogen and oxygen atoms in total. The first-order valence-corrected chi connectivity index (χ1v) is 19.1. The first-order chi connectivity index (χ1) is 25.0. The molecule has 0 aliphatic carbocycles. The van der Waals surface area contributed by atoms with Crippen molar-refractivity contribution in [1.29, 1.82) is 0 Å². The molecule has 1 atom stereocenters. The number of rotatable bonds is 11. The van der Waals surface area contributed by atoms with E-state index in [0.29, 0.717) is 30.1 Å². The molecule has 0 N–H and O–H groups in total. The molecule has 0 spiro atoms. The molecule has 284 valence electrons. The van der Waals surface area contributed by atoms with Crippen LogP contribution in [0.1, 0.15) is 135 Å². The molecular formula is C43H51BCl2F4N2O. The molecule has 53 heavy (non-hydrogen) atoms. The predicted octanol–water partition coefficient (Wildman–Crippen LogP) is 13.4. The first kappa shape index (κ1) is 43.5. The van der Waals surface area contributed by atoms with Gasteiger partial charge in [-0.1, -0.05) is 152 Å². The minimum atomic E-state index is -6.00. The summed E-state index contributed by atoms with van der Waals surface area (Å²) in [4.78, 5) is 14.1. The lowest BCUT2D eigenvalue weighted by atomic mass is 9.88.